The second-order valence-electron chi connectivity index (χ2n) is 4.82. The molecular weight excluding hydrogens is 287 g/mol. The van der Waals surface area contributed by atoms with E-state index in [0.717, 1.165) is 24.3 Å². The Morgan fingerprint density at radius 1 is 1.05 bits per heavy atom. The lowest BCUT2D eigenvalue weighted by molar-refractivity contribution is 0.627. The fourth-order valence-electron chi connectivity index (χ4n) is 2.23. The highest BCUT2D eigenvalue weighted by atomic mass is 35.5. The lowest BCUT2D eigenvalue weighted by Crippen LogP contribution is -2.21. The number of anilines is 2. The lowest BCUT2D eigenvalue weighted by Gasteiger charge is -2.21. The standard InChI is InChI=1S/C17H20ClFN2/c1-3-21(4-2)15-8-6-14(7-9-15)20-12-13-5-10-17(19)16(18)11-13/h5-11,20H,3-4,12H2,1-2H3. The quantitative estimate of drug-likeness (QED) is 0.813. The SMILES string of the molecule is CCN(CC)c1ccc(NCc2ccc(F)c(Cl)c2)cc1. The first-order valence-electron chi connectivity index (χ1n) is 7.16. The Balaban J connectivity index is 1.98. The zero-order chi connectivity index (χ0) is 15.2. The molecule has 0 aromatic heterocycles. The molecule has 0 aliphatic carbocycles. The molecule has 0 saturated heterocycles. The molecular formula is C17H20ClFN2. The van der Waals surface area contributed by atoms with Crippen molar-refractivity contribution in [3.63, 3.8) is 0 Å². The maximum absolute atomic E-state index is 13.1. The van der Waals surface area contributed by atoms with Crippen LogP contribution in [-0.2, 0) is 6.54 Å². The molecule has 1 N–H and O–H groups in total. The van der Waals surface area contributed by atoms with E-state index in [1.54, 1.807) is 12.1 Å². The first-order valence-corrected chi connectivity index (χ1v) is 7.54. The molecule has 2 rings (SSSR count). The van der Waals surface area contributed by atoms with Gasteiger partial charge in [-0.15, -0.1) is 0 Å². The van der Waals surface area contributed by atoms with Crippen LogP contribution in [0.4, 0.5) is 15.8 Å². The predicted molar refractivity (Wildman–Crippen MR) is 88.7 cm³/mol. The normalized spacial score (nSPS) is 10.5. The molecule has 4 heteroatoms. The van der Waals surface area contributed by atoms with Crippen LogP contribution in [0.5, 0.6) is 0 Å². The highest BCUT2D eigenvalue weighted by Gasteiger charge is 2.03. The van der Waals surface area contributed by atoms with Crippen LogP contribution >= 0.6 is 11.6 Å². The third-order valence-electron chi connectivity index (χ3n) is 3.48. The maximum Gasteiger partial charge on any atom is 0.141 e. The summed E-state index contributed by atoms with van der Waals surface area (Å²) in [7, 11) is 0. The summed E-state index contributed by atoms with van der Waals surface area (Å²) < 4.78 is 13.1. The number of benzene rings is 2. The molecule has 0 fully saturated rings. The molecule has 0 spiro atoms. The number of halogens is 2. The van der Waals surface area contributed by atoms with E-state index in [1.165, 1.54) is 11.8 Å². The maximum atomic E-state index is 13.1. The van der Waals surface area contributed by atoms with Crippen LogP contribution in [0.25, 0.3) is 0 Å². The molecule has 0 aliphatic rings. The van der Waals surface area contributed by atoms with E-state index in [1.807, 2.05) is 0 Å². The number of hydrogen-bond donors (Lipinski definition) is 1. The minimum Gasteiger partial charge on any atom is -0.381 e. The predicted octanol–water partition coefficient (Wildman–Crippen LogP) is 4.94. The molecule has 2 aromatic rings. The minimum absolute atomic E-state index is 0.159. The molecule has 0 radical (unpaired) electrons. The van der Waals surface area contributed by atoms with E-state index < -0.39 is 0 Å². The van der Waals surface area contributed by atoms with Crippen LogP contribution in [0, 0.1) is 5.82 Å². The Labute approximate surface area is 130 Å². The summed E-state index contributed by atoms with van der Waals surface area (Å²) in [4.78, 5) is 2.30. The van der Waals surface area contributed by atoms with Crippen molar-refractivity contribution in [3.05, 3.63) is 58.9 Å². The number of nitrogens with one attached hydrogen (secondary N) is 1. The average Bonchev–Trinajstić information content (AvgIpc) is 2.51. The van der Waals surface area contributed by atoms with Crippen molar-refractivity contribution in [1.29, 1.82) is 0 Å². The second-order valence-corrected chi connectivity index (χ2v) is 5.23. The molecule has 0 unspecified atom stereocenters. The highest BCUT2D eigenvalue weighted by Crippen LogP contribution is 2.20. The Morgan fingerprint density at radius 3 is 2.29 bits per heavy atom. The first kappa shape index (κ1) is 15.6. The van der Waals surface area contributed by atoms with Crippen LogP contribution in [0.2, 0.25) is 5.02 Å². The molecule has 2 nitrogen and oxygen atoms in total. The van der Waals surface area contributed by atoms with Crippen molar-refractivity contribution in [3.8, 4) is 0 Å². The molecule has 0 heterocycles. The average molecular weight is 307 g/mol. The third kappa shape index (κ3) is 4.11. The fourth-order valence-corrected chi connectivity index (χ4v) is 2.44. The summed E-state index contributed by atoms with van der Waals surface area (Å²) in [5.74, 6) is -0.385. The third-order valence-corrected chi connectivity index (χ3v) is 3.77. The molecule has 0 amide bonds. The second kappa shape index (κ2) is 7.32. The Kier molecular flexibility index (Phi) is 5.45. The molecule has 0 atom stereocenters. The van der Waals surface area contributed by atoms with Gasteiger partial charge in [-0.3, -0.25) is 0 Å². The van der Waals surface area contributed by atoms with Crippen molar-refractivity contribution in [1.82, 2.24) is 0 Å². The fraction of sp³-hybridized carbons (Fsp3) is 0.294. The zero-order valence-electron chi connectivity index (χ0n) is 12.4. The van der Waals surface area contributed by atoms with E-state index in [4.69, 9.17) is 11.6 Å². The first-order chi connectivity index (χ1) is 10.1. The minimum atomic E-state index is -0.385. The van der Waals surface area contributed by atoms with Gasteiger partial charge in [0, 0.05) is 31.0 Å². The molecule has 0 saturated carbocycles. The smallest absolute Gasteiger partial charge is 0.141 e. The van der Waals surface area contributed by atoms with Crippen molar-refractivity contribution < 1.29 is 4.39 Å². The highest BCUT2D eigenvalue weighted by molar-refractivity contribution is 6.30. The Morgan fingerprint density at radius 2 is 1.71 bits per heavy atom. The summed E-state index contributed by atoms with van der Waals surface area (Å²) >= 11 is 5.77. The molecule has 112 valence electrons. The van der Waals surface area contributed by atoms with Crippen LogP contribution in [0.1, 0.15) is 19.4 Å². The topological polar surface area (TPSA) is 15.3 Å². The Bertz CT molecular complexity index is 580. The summed E-state index contributed by atoms with van der Waals surface area (Å²) in [5.41, 5.74) is 3.20. The van der Waals surface area contributed by atoms with Gasteiger partial charge in [0.05, 0.1) is 5.02 Å². The van der Waals surface area contributed by atoms with E-state index >= 15 is 0 Å². The van der Waals surface area contributed by atoms with E-state index in [9.17, 15) is 4.39 Å². The summed E-state index contributed by atoms with van der Waals surface area (Å²) in [6.07, 6.45) is 0. The summed E-state index contributed by atoms with van der Waals surface area (Å²) in [6, 6.07) is 13.1. The van der Waals surface area contributed by atoms with Crippen LogP contribution in [0.15, 0.2) is 42.5 Å². The largest absolute Gasteiger partial charge is 0.381 e. The summed E-state index contributed by atoms with van der Waals surface area (Å²) in [6.45, 7) is 6.90. The van der Waals surface area contributed by atoms with Crippen molar-refractivity contribution in [2.45, 2.75) is 20.4 Å². The van der Waals surface area contributed by atoms with Gasteiger partial charge in [0.25, 0.3) is 0 Å². The van der Waals surface area contributed by atoms with E-state index in [2.05, 4.69) is 48.3 Å². The zero-order valence-corrected chi connectivity index (χ0v) is 13.1. The van der Waals surface area contributed by atoms with Crippen LogP contribution < -0.4 is 10.2 Å². The number of rotatable bonds is 6. The molecule has 21 heavy (non-hydrogen) atoms. The van der Waals surface area contributed by atoms with Crippen molar-refractivity contribution in [2.75, 3.05) is 23.3 Å². The van der Waals surface area contributed by atoms with Crippen molar-refractivity contribution >= 4 is 23.0 Å². The van der Waals surface area contributed by atoms with E-state index in [0.29, 0.717) is 6.54 Å². The van der Waals surface area contributed by atoms with E-state index in [-0.39, 0.29) is 10.8 Å². The van der Waals surface area contributed by atoms with Gasteiger partial charge in [-0.25, -0.2) is 4.39 Å². The monoisotopic (exact) mass is 306 g/mol. The van der Waals surface area contributed by atoms with Gasteiger partial charge in [0.2, 0.25) is 0 Å². The van der Waals surface area contributed by atoms with Gasteiger partial charge in [-0.2, -0.15) is 0 Å². The number of hydrogen-bond acceptors (Lipinski definition) is 2. The Hall–Kier alpha value is -1.74. The van der Waals surface area contributed by atoms with Gasteiger partial charge < -0.3 is 10.2 Å². The lowest BCUT2D eigenvalue weighted by atomic mass is 10.2. The van der Waals surface area contributed by atoms with Gasteiger partial charge in [0.1, 0.15) is 5.82 Å². The van der Waals surface area contributed by atoms with Gasteiger partial charge in [0.15, 0.2) is 0 Å². The molecule has 0 aliphatic heterocycles. The molecule has 0 bridgehead atoms. The molecule has 2 aromatic carbocycles. The van der Waals surface area contributed by atoms with Gasteiger partial charge in [-0.05, 0) is 55.8 Å². The van der Waals surface area contributed by atoms with Gasteiger partial charge >= 0.3 is 0 Å². The van der Waals surface area contributed by atoms with Crippen LogP contribution in [-0.4, -0.2) is 13.1 Å². The summed E-state index contributed by atoms with van der Waals surface area (Å²) in [5, 5.41) is 3.47. The van der Waals surface area contributed by atoms with Gasteiger partial charge in [-0.1, -0.05) is 17.7 Å². The number of nitrogens with zero attached hydrogens (tertiary/aromatic N) is 1. The van der Waals surface area contributed by atoms with Crippen LogP contribution in [0.3, 0.4) is 0 Å². The van der Waals surface area contributed by atoms with Crippen molar-refractivity contribution in [2.24, 2.45) is 0 Å².